The molecule has 6 nitrogen and oxygen atoms in total. The highest BCUT2D eigenvalue weighted by Crippen LogP contribution is 2.11. The summed E-state index contributed by atoms with van der Waals surface area (Å²) in [5.74, 6) is 0.973. The fraction of sp³-hybridized carbons (Fsp3) is 0.143. The van der Waals surface area contributed by atoms with Crippen LogP contribution in [0.5, 0.6) is 0 Å². The largest absolute Gasteiger partial charge is 0.382 e. The first-order valence-corrected chi connectivity index (χ1v) is 3.75. The highest BCUT2D eigenvalue weighted by atomic mass is 15.3. The van der Waals surface area contributed by atoms with Crippen LogP contribution in [0, 0.1) is 0 Å². The summed E-state index contributed by atoms with van der Waals surface area (Å²) in [7, 11) is 0. The van der Waals surface area contributed by atoms with E-state index in [2.05, 4.69) is 32.0 Å². The van der Waals surface area contributed by atoms with E-state index in [-0.39, 0.29) is 0 Å². The minimum Gasteiger partial charge on any atom is -0.382 e. The van der Waals surface area contributed by atoms with Crippen molar-refractivity contribution in [1.82, 2.24) is 25.4 Å². The fourth-order valence-electron chi connectivity index (χ4n) is 1.04. The molecule has 3 N–H and O–H groups in total. The number of hydrogen-bond acceptors (Lipinski definition) is 5. The number of hydrogen-bond donors (Lipinski definition) is 2. The van der Waals surface area contributed by atoms with E-state index in [1.54, 1.807) is 6.08 Å². The van der Waals surface area contributed by atoms with Crippen molar-refractivity contribution in [3.05, 3.63) is 18.5 Å². The van der Waals surface area contributed by atoms with Crippen LogP contribution in [0.1, 0.15) is 5.82 Å². The van der Waals surface area contributed by atoms with Crippen molar-refractivity contribution < 1.29 is 0 Å². The summed E-state index contributed by atoms with van der Waals surface area (Å²) in [5, 5.41) is 9.95. The molecule has 0 aliphatic heterocycles. The maximum Gasteiger partial charge on any atom is 0.207 e. The van der Waals surface area contributed by atoms with Gasteiger partial charge in [0.1, 0.15) is 11.3 Å². The topological polar surface area (TPSA) is 93.4 Å². The average Bonchev–Trinajstić information content (AvgIpc) is 2.53. The molecule has 6 heteroatoms. The molecule has 0 radical (unpaired) electrons. The number of nitrogen functional groups attached to an aromatic ring is 1. The lowest BCUT2D eigenvalue weighted by Crippen LogP contribution is -1.99. The van der Waals surface area contributed by atoms with Crippen LogP contribution in [0.3, 0.4) is 0 Å². The van der Waals surface area contributed by atoms with Gasteiger partial charge in [0, 0.05) is 6.42 Å². The van der Waals surface area contributed by atoms with Gasteiger partial charge in [-0.1, -0.05) is 11.3 Å². The van der Waals surface area contributed by atoms with Crippen molar-refractivity contribution in [3.8, 4) is 0 Å². The lowest BCUT2D eigenvalue weighted by Gasteiger charge is -1.96. The number of aromatic amines is 1. The molecule has 0 unspecified atom stereocenters. The van der Waals surface area contributed by atoms with E-state index in [1.807, 2.05) is 0 Å². The number of allylic oxidation sites excluding steroid dienone is 1. The first kappa shape index (κ1) is 7.66. The lowest BCUT2D eigenvalue weighted by molar-refractivity contribution is 0.950. The molecule has 13 heavy (non-hydrogen) atoms. The van der Waals surface area contributed by atoms with Crippen molar-refractivity contribution in [1.29, 1.82) is 0 Å². The molecule has 0 amide bonds. The summed E-state index contributed by atoms with van der Waals surface area (Å²) in [4.78, 5) is 8.17. The van der Waals surface area contributed by atoms with Crippen molar-refractivity contribution in [2.24, 2.45) is 0 Å². The minimum absolute atomic E-state index is 0.367. The zero-order valence-corrected chi connectivity index (χ0v) is 6.86. The SMILES string of the molecule is C=CCc1nc(N)c2[nH]nnc2n1. The van der Waals surface area contributed by atoms with Crippen LogP contribution in [-0.4, -0.2) is 25.4 Å². The highest BCUT2D eigenvalue weighted by molar-refractivity contribution is 5.79. The molecule has 66 valence electrons. The van der Waals surface area contributed by atoms with E-state index in [0.717, 1.165) is 0 Å². The third-order valence-corrected chi connectivity index (χ3v) is 1.60. The first-order chi connectivity index (χ1) is 6.31. The van der Waals surface area contributed by atoms with Crippen LogP contribution in [0.25, 0.3) is 11.2 Å². The van der Waals surface area contributed by atoms with Gasteiger partial charge in [-0.3, -0.25) is 5.10 Å². The molecule has 0 aromatic carbocycles. The lowest BCUT2D eigenvalue weighted by atomic mass is 10.4. The van der Waals surface area contributed by atoms with Gasteiger partial charge in [-0.05, 0) is 0 Å². The van der Waals surface area contributed by atoms with Crippen LogP contribution in [0.15, 0.2) is 12.7 Å². The van der Waals surface area contributed by atoms with Crippen LogP contribution in [-0.2, 0) is 6.42 Å². The number of fused-ring (bicyclic) bond motifs is 1. The molecule has 0 aliphatic rings. The second kappa shape index (κ2) is 2.81. The number of aromatic nitrogens is 5. The molecular weight excluding hydrogens is 168 g/mol. The Kier molecular flexibility index (Phi) is 1.66. The Labute approximate surface area is 73.9 Å². The maximum atomic E-state index is 5.64. The molecule has 0 fully saturated rings. The molecule has 0 spiro atoms. The molecule has 2 heterocycles. The van der Waals surface area contributed by atoms with Gasteiger partial charge in [-0.25, -0.2) is 9.97 Å². The van der Waals surface area contributed by atoms with Gasteiger partial charge in [-0.2, -0.15) is 0 Å². The summed E-state index contributed by atoms with van der Waals surface area (Å²) < 4.78 is 0. The zero-order chi connectivity index (χ0) is 9.26. The molecule has 0 bridgehead atoms. The molecule has 2 rings (SSSR count). The van der Waals surface area contributed by atoms with E-state index in [0.29, 0.717) is 29.2 Å². The Morgan fingerprint density at radius 2 is 2.31 bits per heavy atom. The summed E-state index contributed by atoms with van der Waals surface area (Å²) in [5.41, 5.74) is 6.70. The number of anilines is 1. The van der Waals surface area contributed by atoms with Gasteiger partial charge in [0.2, 0.25) is 5.65 Å². The van der Waals surface area contributed by atoms with E-state index >= 15 is 0 Å². The summed E-state index contributed by atoms with van der Waals surface area (Å²) in [6.45, 7) is 3.59. The molecule has 2 aromatic heterocycles. The smallest absolute Gasteiger partial charge is 0.207 e. The Morgan fingerprint density at radius 1 is 1.46 bits per heavy atom. The maximum absolute atomic E-state index is 5.64. The number of nitrogens with two attached hydrogens (primary N) is 1. The van der Waals surface area contributed by atoms with Crippen molar-refractivity contribution in [2.45, 2.75) is 6.42 Å². The first-order valence-electron chi connectivity index (χ1n) is 3.75. The van der Waals surface area contributed by atoms with Gasteiger partial charge in [-0.15, -0.1) is 11.7 Å². The van der Waals surface area contributed by atoms with Crippen LogP contribution in [0.4, 0.5) is 5.82 Å². The monoisotopic (exact) mass is 176 g/mol. The van der Waals surface area contributed by atoms with Crippen LogP contribution < -0.4 is 5.73 Å². The van der Waals surface area contributed by atoms with E-state index in [4.69, 9.17) is 5.73 Å². The molecule has 0 aliphatic carbocycles. The van der Waals surface area contributed by atoms with Crippen molar-refractivity contribution in [3.63, 3.8) is 0 Å². The quantitative estimate of drug-likeness (QED) is 0.631. The zero-order valence-electron chi connectivity index (χ0n) is 6.86. The number of H-pyrrole nitrogens is 1. The van der Waals surface area contributed by atoms with Gasteiger partial charge in [0.05, 0.1) is 0 Å². The van der Waals surface area contributed by atoms with E-state index < -0.39 is 0 Å². The third-order valence-electron chi connectivity index (χ3n) is 1.60. The highest BCUT2D eigenvalue weighted by Gasteiger charge is 2.06. The van der Waals surface area contributed by atoms with Gasteiger partial charge < -0.3 is 5.73 Å². The minimum atomic E-state index is 0.367. The van der Waals surface area contributed by atoms with Gasteiger partial charge in [0.25, 0.3) is 0 Å². The Morgan fingerprint density at radius 3 is 3.08 bits per heavy atom. The number of nitrogens with zero attached hydrogens (tertiary/aromatic N) is 4. The van der Waals surface area contributed by atoms with Crippen LogP contribution >= 0.6 is 0 Å². The summed E-state index contributed by atoms with van der Waals surface area (Å²) in [6, 6.07) is 0. The third kappa shape index (κ3) is 1.22. The van der Waals surface area contributed by atoms with Gasteiger partial charge >= 0.3 is 0 Å². The standard InChI is InChI=1S/C7H8N6/c1-2-3-4-9-6(8)5-7(10-4)12-13-11-5/h2H,1,3H2,(H3,8,9,10,11,12,13). The van der Waals surface area contributed by atoms with E-state index in [1.165, 1.54) is 0 Å². The predicted octanol–water partition coefficient (Wildman–Crippen LogP) is 0.0586. The predicted molar refractivity (Wildman–Crippen MR) is 47.8 cm³/mol. The molecule has 0 saturated carbocycles. The number of nitrogens with one attached hydrogen (secondary N) is 1. The summed E-state index contributed by atoms with van der Waals surface area (Å²) in [6.07, 6.45) is 2.29. The second-order valence-corrected chi connectivity index (χ2v) is 2.53. The molecular formula is C7H8N6. The fourth-order valence-corrected chi connectivity index (χ4v) is 1.04. The molecule has 0 saturated heterocycles. The van der Waals surface area contributed by atoms with Crippen molar-refractivity contribution >= 4 is 17.0 Å². The molecule has 0 atom stereocenters. The average molecular weight is 176 g/mol. The molecule has 2 aromatic rings. The van der Waals surface area contributed by atoms with Gasteiger partial charge in [0.15, 0.2) is 5.82 Å². The Balaban J connectivity index is 2.62. The summed E-state index contributed by atoms with van der Waals surface area (Å²) >= 11 is 0. The number of rotatable bonds is 2. The normalized spacial score (nSPS) is 10.5. The van der Waals surface area contributed by atoms with Crippen molar-refractivity contribution in [2.75, 3.05) is 5.73 Å². The Bertz CT molecular complexity index is 445. The van der Waals surface area contributed by atoms with E-state index in [9.17, 15) is 0 Å². The second-order valence-electron chi connectivity index (χ2n) is 2.53. The Hall–Kier alpha value is -1.98. The van der Waals surface area contributed by atoms with Crippen LogP contribution in [0.2, 0.25) is 0 Å².